The predicted octanol–water partition coefficient (Wildman–Crippen LogP) is 2.04. The molecule has 1 amide bonds. The Bertz CT molecular complexity index is 450. The van der Waals surface area contributed by atoms with Crippen LogP contribution < -0.4 is 5.32 Å². The SMILES string of the molecule is Cc1ccc(NC(=O)C2CC2)c(C(=O)O)c1. The van der Waals surface area contributed by atoms with E-state index in [9.17, 15) is 9.59 Å². The third kappa shape index (κ3) is 2.21. The van der Waals surface area contributed by atoms with Crippen molar-refractivity contribution >= 4 is 17.6 Å². The predicted molar refractivity (Wildman–Crippen MR) is 59.5 cm³/mol. The number of hydrogen-bond acceptors (Lipinski definition) is 2. The average molecular weight is 219 g/mol. The molecule has 4 nitrogen and oxygen atoms in total. The Kier molecular flexibility index (Phi) is 2.64. The summed E-state index contributed by atoms with van der Waals surface area (Å²) in [5, 5.41) is 11.7. The van der Waals surface area contributed by atoms with Crippen LogP contribution in [0.4, 0.5) is 5.69 Å². The molecule has 0 aliphatic heterocycles. The van der Waals surface area contributed by atoms with Crippen LogP contribution in [0.2, 0.25) is 0 Å². The van der Waals surface area contributed by atoms with Gasteiger partial charge in [0, 0.05) is 5.92 Å². The molecule has 0 heterocycles. The number of amides is 1. The van der Waals surface area contributed by atoms with Crippen LogP contribution in [0.15, 0.2) is 18.2 Å². The van der Waals surface area contributed by atoms with Crippen LogP contribution in [0.5, 0.6) is 0 Å². The molecule has 2 rings (SSSR count). The second-order valence-corrected chi connectivity index (χ2v) is 4.12. The van der Waals surface area contributed by atoms with Crippen molar-refractivity contribution in [3.8, 4) is 0 Å². The van der Waals surface area contributed by atoms with Crippen LogP contribution in [0, 0.1) is 12.8 Å². The van der Waals surface area contributed by atoms with Crippen LogP contribution >= 0.6 is 0 Å². The first kappa shape index (κ1) is 10.7. The fraction of sp³-hybridized carbons (Fsp3) is 0.333. The van der Waals surface area contributed by atoms with E-state index >= 15 is 0 Å². The lowest BCUT2D eigenvalue weighted by Crippen LogP contribution is -2.16. The minimum atomic E-state index is -1.02. The number of carbonyl (C=O) groups is 2. The third-order valence-corrected chi connectivity index (χ3v) is 2.61. The summed E-state index contributed by atoms with van der Waals surface area (Å²) in [6.45, 7) is 1.82. The first-order valence-electron chi connectivity index (χ1n) is 5.23. The summed E-state index contributed by atoms with van der Waals surface area (Å²) in [6.07, 6.45) is 1.81. The van der Waals surface area contributed by atoms with Gasteiger partial charge in [-0.3, -0.25) is 4.79 Å². The fourth-order valence-corrected chi connectivity index (χ4v) is 1.52. The van der Waals surface area contributed by atoms with Crippen molar-refractivity contribution in [1.82, 2.24) is 0 Å². The molecule has 1 aliphatic carbocycles. The third-order valence-electron chi connectivity index (χ3n) is 2.61. The Hall–Kier alpha value is -1.84. The van der Waals surface area contributed by atoms with E-state index in [1.165, 1.54) is 0 Å². The summed E-state index contributed by atoms with van der Waals surface area (Å²) in [5.74, 6) is -1.02. The van der Waals surface area contributed by atoms with Crippen molar-refractivity contribution < 1.29 is 14.7 Å². The molecule has 1 aliphatic rings. The molecule has 1 aromatic carbocycles. The maximum Gasteiger partial charge on any atom is 0.337 e. The molecule has 0 saturated heterocycles. The first-order valence-corrected chi connectivity index (χ1v) is 5.23. The zero-order valence-corrected chi connectivity index (χ0v) is 8.99. The van der Waals surface area contributed by atoms with Crippen molar-refractivity contribution in [2.75, 3.05) is 5.32 Å². The zero-order chi connectivity index (χ0) is 11.7. The number of aromatic carboxylic acids is 1. The molecule has 0 unspecified atom stereocenters. The van der Waals surface area contributed by atoms with Gasteiger partial charge in [-0.2, -0.15) is 0 Å². The fourth-order valence-electron chi connectivity index (χ4n) is 1.52. The lowest BCUT2D eigenvalue weighted by Gasteiger charge is -2.08. The number of carbonyl (C=O) groups excluding carboxylic acids is 1. The number of rotatable bonds is 3. The average Bonchev–Trinajstić information content (AvgIpc) is 3.03. The molecule has 0 aromatic heterocycles. The molecule has 4 heteroatoms. The molecule has 84 valence electrons. The molecular formula is C12H13NO3. The van der Waals surface area contributed by atoms with Gasteiger partial charge in [0.1, 0.15) is 0 Å². The van der Waals surface area contributed by atoms with E-state index in [0.717, 1.165) is 18.4 Å². The van der Waals surface area contributed by atoms with Crippen LogP contribution in [0.25, 0.3) is 0 Å². The van der Waals surface area contributed by atoms with Crippen molar-refractivity contribution in [3.63, 3.8) is 0 Å². The molecule has 1 fully saturated rings. The van der Waals surface area contributed by atoms with E-state index in [2.05, 4.69) is 5.32 Å². The summed E-state index contributed by atoms with van der Waals surface area (Å²) >= 11 is 0. The normalized spacial score (nSPS) is 14.6. The largest absolute Gasteiger partial charge is 0.478 e. The van der Waals surface area contributed by atoms with E-state index in [4.69, 9.17) is 5.11 Å². The molecule has 1 saturated carbocycles. The zero-order valence-electron chi connectivity index (χ0n) is 8.99. The van der Waals surface area contributed by atoms with Gasteiger partial charge in [0.05, 0.1) is 11.3 Å². The maximum absolute atomic E-state index is 11.5. The molecule has 0 radical (unpaired) electrons. The summed E-state index contributed by atoms with van der Waals surface area (Å²) in [4.78, 5) is 22.5. The Labute approximate surface area is 93.3 Å². The van der Waals surface area contributed by atoms with Gasteiger partial charge in [0.15, 0.2) is 0 Å². The minimum Gasteiger partial charge on any atom is -0.478 e. The van der Waals surface area contributed by atoms with Gasteiger partial charge in [0.25, 0.3) is 0 Å². The number of carboxylic acids is 1. The summed E-state index contributed by atoms with van der Waals surface area (Å²) in [5.41, 5.74) is 1.39. The second kappa shape index (κ2) is 3.96. The number of anilines is 1. The van der Waals surface area contributed by atoms with Gasteiger partial charge >= 0.3 is 5.97 Å². The van der Waals surface area contributed by atoms with Crippen LogP contribution in [0.3, 0.4) is 0 Å². The van der Waals surface area contributed by atoms with Gasteiger partial charge in [-0.15, -0.1) is 0 Å². The standard InChI is InChI=1S/C12H13NO3/c1-7-2-5-10(9(6-7)12(15)16)13-11(14)8-3-4-8/h2,5-6,8H,3-4H2,1H3,(H,13,14)(H,15,16). The topological polar surface area (TPSA) is 66.4 Å². The highest BCUT2D eigenvalue weighted by Crippen LogP contribution is 2.30. The highest BCUT2D eigenvalue weighted by atomic mass is 16.4. The Morgan fingerprint density at radius 3 is 2.62 bits per heavy atom. The molecule has 1 aromatic rings. The molecule has 0 spiro atoms. The van der Waals surface area contributed by atoms with Gasteiger partial charge < -0.3 is 10.4 Å². The van der Waals surface area contributed by atoms with Gasteiger partial charge in [-0.1, -0.05) is 11.6 Å². The number of nitrogens with one attached hydrogen (secondary N) is 1. The molecule has 0 bridgehead atoms. The second-order valence-electron chi connectivity index (χ2n) is 4.12. The number of hydrogen-bond donors (Lipinski definition) is 2. The lowest BCUT2D eigenvalue weighted by atomic mass is 10.1. The van der Waals surface area contributed by atoms with Gasteiger partial charge in [-0.25, -0.2) is 4.79 Å². The Morgan fingerprint density at radius 2 is 2.06 bits per heavy atom. The number of aryl methyl sites for hydroxylation is 1. The van der Waals surface area contributed by atoms with Crippen LogP contribution in [-0.4, -0.2) is 17.0 Å². The van der Waals surface area contributed by atoms with Crippen molar-refractivity contribution in [3.05, 3.63) is 29.3 Å². The Morgan fingerprint density at radius 1 is 1.38 bits per heavy atom. The molecular weight excluding hydrogens is 206 g/mol. The minimum absolute atomic E-state index is 0.0722. The highest BCUT2D eigenvalue weighted by molar-refractivity contribution is 6.01. The van der Waals surface area contributed by atoms with Crippen molar-refractivity contribution in [1.29, 1.82) is 0 Å². The van der Waals surface area contributed by atoms with E-state index in [0.29, 0.717) is 5.69 Å². The smallest absolute Gasteiger partial charge is 0.337 e. The number of benzene rings is 1. The lowest BCUT2D eigenvalue weighted by molar-refractivity contribution is -0.117. The first-order chi connectivity index (χ1) is 7.58. The van der Waals surface area contributed by atoms with E-state index < -0.39 is 5.97 Å². The van der Waals surface area contributed by atoms with Crippen LogP contribution in [0.1, 0.15) is 28.8 Å². The Balaban J connectivity index is 2.24. The molecule has 2 N–H and O–H groups in total. The van der Waals surface area contributed by atoms with Crippen molar-refractivity contribution in [2.45, 2.75) is 19.8 Å². The van der Waals surface area contributed by atoms with Gasteiger partial charge in [-0.05, 0) is 31.9 Å². The summed E-state index contributed by atoms with van der Waals surface area (Å²) < 4.78 is 0. The van der Waals surface area contributed by atoms with Crippen LogP contribution in [-0.2, 0) is 4.79 Å². The monoisotopic (exact) mass is 219 g/mol. The number of carboxylic acid groups (broad SMARTS) is 1. The van der Waals surface area contributed by atoms with E-state index in [1.54, 1.807) is 18.2 Å². The maximum atomic E-state index is 11.5. The summed E-state index contributed by atoms with van der Waals surface area (Å²) in [6, 6.07) is 4.98. The van der Waals surface area contributed by atoms with Gasteiger partial charge in [0.2, 0.25) is 5.91 Å². The molecule has 16 heavy (non-hydrogen) atoms. The van der Waals surface area contributed by atoms with E-state index in [-0.39, 0.29) is 17.4 Å². The molecule has 0 atom stereocenters. The quantitative estimate of drug-likeness (QED) is 0.817. The van der Waals surface area contributed by atoms with E-state index in [1.807, 2.05) is 6.92 Å². The highest BCUT2D eigenvalue weighted by Gasteiger charge is 2.30. The summed E-state index contributed by atoms with van der Waals surface area (Å²) in [7, 11) is 0. The van der Waals surface area contributed by atoms with Crippen molar-refractivity contribution in [2.24, 2.45) is 5.92 Å².